The number of hydrogen-bond acceptors (Lipinski definition) is 3. The monoisotopic (exact) mass is 339 g/mol. The molecule has 1 atom stereocenters. The predicted octanol–water partition coefficient (Wildman–Crippen LogP) is 2.09. The second-order valence-electron chi connectivity index (χ2n) is 4.85. The summed E-state index contributed by atoms with van der Waals surface area (Å²) in [6.45, 7) is 0.484. The highest BCUT2D eigenvalue weighted by Crippen LogP contribution is 2.29. The van der Waals surface area contributed by atoms with Crippen LogP contribution in [0.15, 0.2) is 12.1 Å². The molecule has 1 aromatic carbocycles. The first-order valence-corrected chi connectivity index (χ1v) is 8.31. The Kier molecular flexibility index (Phi) is 5.03. The minimum atomic E-state index is -4.00. The van der Waals surface area contributed by atoms with Crippen LogP contribution in [0.3, 0.4) is 0 Å². The average molecular weight is 340 g/mol. The molecule has 0 aliphatic carbocycles. The third kappa shape index (κ3) is 3.63. The molecule has 1 fully saturated rings. The second-order valence-corrected chi connectivity index (χ2v) is 6.88. The van der Waals surface area contributed by atoms with Crippen molar-refractivity contribution in [3.8, 4) is 0 Å². The zero-order valence-electron chi connectivity index (χ0n) is 11.2. The Morgan fingerprint density at radius 3 is 2.71 bits per heavy atom. The zero-order chi connectivity index (χ0) is 15.6. The Morgan fingerprint density at radius 2 is 2.10 bits per heavy atom. The largest absolute Gasteiger partial charge is 0.329 e. The van der Waals surface area contributed by atoms with Crippen LogP contribution in [0.4, 0.5) is 14.5 Å². The fraction of sp³-hybridized carbons (Fsp3) is 0.500. The summed E-state index contributed by atoms with van der Waals surface area (Å²) < 4.78 is 54.7. The first-order valence-electron chi connectivity index (χ1n) is 6.49. The van der Waals surface area contributed by atoms with Gasteiger partial charge in [-0.25, -0.2) is 8.78 Å². The molecule has 9 heteroatoms. The lowest BCUT2D eigenvalue weighted by molar-refractivity contribution is 0.259. The minimum Gasteiger partial charge on any atom is -0.329 e. The molecule has 0 radical (unpaired) electrons. The molecule has 0 bridgehead atoms. The van der Waals surface area contributed by atoms with Crippen molar-refractivity contribution in [2.45, 2.75) is 25.3 Å². The van der Waals surface area contributed by atoms with Gasteiger partial charge in [-0.15, -0.1) is 0 Å². The molecule has 1 aliphatic heterocycles. The number of piperidine rings is 1. The van der Waals surface area contributed by atoms with Gasteiger partial charge in [-0.05, 0) is 18.9 Å². The van der Waals surface area contributed by atoms with Gasteiger partial charge in [0, 0.05) is 25.2 Å². The summed E-state index contributed by atoms with van der Waals surface area (Å²) in [7, 11) is -4.00. The summed E-state index contributed by atoms with van der Waals surface area (Å²) in [5.41, 5.74) is 5.12. The summed E-state index contributed by atoms with van der Waals surface area (Å²) in [6, 6.07) is 1.08. The number of rotatable bonds is 4. The molecule has 3 N–H and O–H groups in total. The van der Waals surface area contributed by atoms with E-state index in [2.05, 4.69) is 4.72 Å². The molecule has 0 spiro atoms. The lowest BCUT2D eigenvalue weighted by Crippen LogP contribution is -2.49. The fourth-order valence-electron chi connectivity index (χ4n) is 2.35. The lowest BCUT2D eigenvalue weighted by Gasteiger charge is -2.34. The van der Waals surface area contributed by atoms with Crippen LogP contribution in [-0.2, 0) is 10.2 Å². The highest BCUT2D eigenvalue weighted by atomic mass is 35.5. The highest BCUT2D eigenvalue weighted by Gasteiger charge is 2.32. The van der Waals surface area contributed by atoms with Crippen LogP contribution >= 0.6 is 11.6 Å². The van der Waals surface area contributed by atoms with Gasteiger partial charge >= 0.3 is 10.2 Å². The van der Waals surface area contributed by atoms with Crippen LogP contribution in [0.2, 0.25) is 5.02 Å². The molecular weight excluding hydrogens is 324 g/mol. The molecule has 0 saturated carbocycles. The third-order valence-corrected chi connectivity index (χ3v) is 5.25. The molecule has 1 unspecified atom stereocenters. The van der Waals surface area contributed by atoms with E-state index in [9.17, 15) is 17.2 Å². The molecule has 5 nitrogen and oxygen atoms in total. The zero-order valence-corrected chi connectivity index (χ0v) is 12.7. The van der Waals surface area contributed by atoms with Crippen molar-refractivity contribution in [1.29, 1.82) is 0 Å². The Hall–Kier alpha value is -0.960. The number of nitrogens with zero attached hydrogens (tertiary/aromatic N) is 1. The van der Waals surface area contributed by atoms with Gasteiger partial charge in [0.05, 0.1) is 5.02 Å². The van der Waals surface area contributed by atoms with E-state index in [0.717, 1.165) is 12.5 Å². The maximum absolute atomic E-state index is 13.7. The van der Waals surface area contributed by atoms with Crippen LogP contribution in [0, 0.1) is 11.6 Å². The van der Waals surface area contributed by atoms with E-state index in [1.54, 1.807) is 0 Å². The average Bonchev–Trinajstić information content (AvgIpc) is 2.43. The van der Waals surface area contributed by atoms with Crippen molar-refractivity contribution in [1.82, 2.24) is 4.31 Å². The van der Waals surface area contributed by atoms with Gasteiger partial charge in [0.15, 0.2) is 5.82 Å². The maximum atomic E-state index is 13.7. The first kappa shape index (κ1) is 16.4. The molecule has 1 aromatic rings. The summed E-state index contributed by atoms with van der Waals surface area (Å²) in [5, 5.41) is -0.336. The molecule has 1 saturated heterocycles. The molecule has 1 aliphatic rings. The Bertz CT molecular complexity index is 604. The van der Waals surface area contributed by atoms with E-state index in [1.165, 1.54) is 4.31 Å². The van der Waals surface area contributed by atoms with Gasteiger partial charge in [-0.1, -0.05) is 18.0 Å². The van der Waals surface area contributed by atoms with Crippen molar-refractivity contribution >= 4 is 27.5 Å². The molecule has 118 valence electrons. The van der Waals surface area contributed by atoms with E-state index in [-0.39, 0.29) is 17.6 Å². The predicted molar refractivity (Wildman–Crippen MR) is 77.3 cm³/mol. The minimum absolute atomic E-state index is 0.181. The standard InChI is InChI=1S/C12H16ClF2N3O2S/c13-10-5-8(14)6-11(15)12(10)17-21(19,20)18-4-2-1-3-9(18)7-16/h5-6,9,17H,1-4,7,16H2. The van der Waals surface area contributed by atoms with E-state index in [1.807, 2.05) is 0 Å². The van der Waals surface area contributed by atoms with Crippen LogP contribution in [0.1, 0.15) is 19.3 Å². The van der Waals surface area contributed by atoms with Crippen molar-refractivity contribution in [3.05, 3.63) is 28.8 Å². The van der Waals surface area contributed by atoms with Gasteiger partial charge in [-0.3, -0.25) is 4.72 Å². The molecule has 0 amide bonds. The van der Waals surface area contributed by atoms with E-state index in [0.29, 0.717) is 25.5 Å². The van der Waals surface area contributed by atoms with E-state index >= 15 is 0 Å². The third-order valence-electron chi connectivity index (χ3n) is 3.39. The fourth-order valence-corrected chi connectivity index (χ4v) is 4.19. The highest BCUT2D eigenvalue weighted by molar-refractivity contribution is 7.90. The van der Waals surface area contributed by atoms with Gasteiger partial charge in [0.25, 0.3) is 0 Å². The topological polar surface area (TPSA) is 75.4 Å². The van der Waals surface area contributed by atoms with Gasteiger partial charge in [0.1, 0.15) is 11.5 Å². The van der Waals surface area contributed by atoms with Crippen LogP contribution in [0.25, 0.3) is 0 Å². The molecule has 0 aromatic heterocycles. The quantitative estimate of drug-likeness (QED) is 0.882. The number of halogens is 3. The smallest absolute Gasteiger partial charge is 0.302 e. The summed E-state index contributed by atoms with van der Waals surface area (Å²) in [4.78, 5) is 0. The Morgan fingerprint density at radius 1 is 1.38 bits per heavy atom. The summed E-state index contributed by atoms with van der Waals surface area (Å²) in [5.74, 6) is -1.94. The second kappa shape index (κ2) is 6.43. The number of anilines is 1. The lowest BCUT2D eigenvalue weighted by atomic mass is 10.1. The van der Waals surface area contributed by atoms with Crippen molar-refractivity contribution in [2.75, 3.05) is 17.8 Å². The van der Waals surface area contributed by atoms with Crippen molar-refractivity contribution in [3.63, 3.8) is 0 Å². The van der Waals surface area contributed by atoms with Crippen molar-refractivity contribution in [2.24, 2.45) is 5.73 Å². The maximum Gasteiger partial charge on any atom is 0.302 e. The summed E-state index contributed by atoms with van der Waals surface area (Å²) >= 11 is 5.70. The van der Waals surface area contributed by atoms with Crippen LogP contribution in [0.5, 0.6) is 0 Å². The van der Waals surface area contributed by atoms with E-state index < -0.39 is 27.5 Å². The van der Waals surface area contributed by atoms with Crippen molar-refractivity contribution < 1.29 is 17.2 Å². The van der Waals surface area contributed by atoms with Gasteiger partial charge in [0.2, 0.25) is 0 Å². The normalized spacial score (nSPS) is 20.5. The molecular formula is C12H16ClF2N3O2S. The Labute approximate surface area is 127 Å². The molecule has 21 heavy (non-hydrogen) atoms. The number of benzene rings is 1. The SMILES string of the molecule is NCC1CCCCN1S(=O)(=O)Nc1c(F)cc(F)cc1Cl. The number of hydrogen-bond donors (Lipinski definition) is 2. The van der Waals surface area contributed by atoms with Gasteiger partial charge in [-0.2, -0.15) is 12.7 Å². The van der Waals surface area contributed by atoms with Gasteiger partial charge < -0.3 is 5.73 Å². The Balaban J connectivity index is 2.29. The molecule has 2 rings (SSSR count). The van der Waals surface area contributed by atoms with Crippen LogP contribution in [-0.4, -0.2) is 31.9 Å². The van der Waals surface area contributed by atoms with Crippen LogP contribution < -0.4 is 10.5 Å². The van der Waals surface area contributed by atoms with E-state index in [4.69, 9.17) is 17.3 Å². The number of nitrogens with one attached hydrogen (secondary N) is 1. The first-order chi connectivity index (χ1) is 9.85. The number of nitrogens with two attached hydrogens (primary N) is 1. The molecule has 1 heterocycles. The summed E-state index contributed by atoms with van der Waals surface area (Å²) in [6.07, 6.45) is 2.24.